The van der Waals surface area contributed by atoms with Crippen LogP contribution in [-0.2, 0) is 6.54 Å². The fourth-order valence-electron chi connectivity index (χ4n) is 0.943. The largest absolute Gasteiger partial charge is 0.469 e. The first-order valence-electron chi connectivity index (χ1n) is 3.98. The molecule has 0 spiro atoms. The molecule has 0 saturated heterocycles. The Kier molecular flexibility index (Phi) is 3.43. The summed E-state index contributed by atoms with van der Waals surface area (Å²) in [5, 5.41) is 3.20. The normalized spacial score (nSPS) is 9.17. The number of aryl methyl sites for hydroxylation is 1. The van der Waals surface area contributed by atoms with E-state index >= 15 is 0 Å². The van der Waals surface area contributed by atoms with Gasteiger partial charge in [0.25, 0.3) is 0 Å². The molecule has 1 rings (SSSR count). The Labute approximate surface area is 73.0 Å². The second-order valence-electron chi connectivity index (χ2n) is 2.53. The van der Waals surface area contributed by atoms with Crippen molar-refractivity contribution in [2.75, 3.05) is 6.54 Å². The zero-order chi connectivity index (χ0) is 8.81. The van der Waals surface area contributed by atoms with E-state index < -0.39 is 0 Å². The van der Waals surface area contributed by atoms with E-state index in [1.54, 1.807) is 6.26 Å². The first kappa shape index (κ1) is 8.89. The van der Waals surface area contributed by atoms with E-state index in [4.69, 9.17) is 4.42 Å². The summed E-state index contributed by atoms with van der Waals surface area (Å²) in [6.45, 7) is 5.37. The van der Waals surface area contributed by atoms with Gasteiger partial charge in [-0.05, 0) is 19.9 Å². The fraction of sp³-hybridized carbons (Fsp3) is 0.400. The van der Waals surface area contributed by atoms with Gasteiger partial charge < -0.3 is 9.73 Å². The maximum Gasteiger partial charge on any atom is 0.105 e. The number of nitrogens with one attached hydrogen (secondary N) is 1. The van der Waals surface area contributed by atoms with E-state index in [-0.39, 0.29) is 0 Å². The van der Waals surface area contributed by atoms with Gasteiger partial charge in [0.15, 0.2) is 0 Å². The van der Waals surface area contributed by atoms with Crippen LogP contribution in [0.25, 0.3) is 0 Å². The van der Waals surface area contributed by atoms with Gasteiger partial charge in [-0.3, -0.25) is 0 Å². The van der Waals surface area contributed by atoms with E-state index in [2.05, 4.69) is 17.2 Å². The summed E-state index contributed by atoms with van der Waals surface area (Å²) in [5.74, 6) is 6.74. The molecule has 0 saturated carbocycles. The lowest BCUT2D eigenvalue weighted by atomic mass is 10.2. The molecule has 1 heterocycles. The molecule has 0 amide bonds. The van der Waals surface area contributed by atoms with E-state index in [9.17, 15) is 0 Å². The van der Waals surface area contributed by atoms with Crippen molar-refractivity contribution in [3.8, 4) is 11.8 Å². The quantitative estimate of drug-likeness (QED) is 0.542. The van der Waals surface area contributed by atoms with Gasteiger partial charge in [0.2, 0.25) is 0 Å². The first-order chi connectivity index (χ1) is 5.84. The third kappa shape index (κ3) is 2.44. The van der Waals surface area contributed by atoms with Crippen molar-refractivity contribution in [2.24, 2.45) is 0 Å². The van der Waals surface area contributed by atoms with Gasteiger partial charge in [0.1, 0.15) is 5.76 Å². The molecule has 0 aliphatic heterocycles. The number of hydrogen-bond donors (Lipinski definition) is 1. The average Bonchev–Trinajstić information content (AvgIpc) is 2.46. The van der Waals surface area contributed by atoms with Crippen molar-refractivity contribution in [3.63, 3.8) is 0 Å². The zero-order valence-corrected chi connectivity index (χ0v) is 7.48. The van der Waals surface area contributed by atoms with E-state index in [0.29, 0.717) is 0 Å². The second kappa shape index (κ2) is 4.63. The van der Waals surface area contributed by atoms with Crippen LogP contribution >= 0.6 is 0 Å². The van der Waals surface area contributed by atoms with Gasteiger partial charge in [-0.15, -0.1) is 5.92 Å². The van der Waals surface area contributed by atoms with Crippen molar-refractivity contribution in [3.05, 3.63) is 23.7 Å². The van der Waals surface area contributed by atoms with Crippen molar-refractivity contribution < 1.29 is 4.42 Å². The monoisotopic (exact) mass is 163 g/mol. The smallest absolute Gasteiger partial charge is 0.105 e. The van der Waals surface area contributed by atoms with Crippen LogP contribution in [0.4, 0.5) is 0 Å². The summed E-state index contributed by atoms with van der Waals surface area (Å²) in [4.78, 5) is 0. The molecule has 0 aliphatic carbocycles. The molecule has 0 fully saturated rings. The molecular weight excluding hydrogens is 150 g/mol. The summed E-state index contributed by atoms with van der Waals surface area (Å²) >= 11 is 0. The molecule has 1 aromatic rings. The van der Waals surface area contributed by atoms with Crippen LogP contribution in [0.3, 0.4) is 0 Å². The van der Waals surface area contributed by atoms with E-state index in [1.807, 2.05) is 19.9 Å². The third-order valence-corrected chi connectivity index (χ3v) is 1.67. The van der Waals surface area contributed by atoms with Gasteiger partial charge in [-0.2, -0.15) is 0 Å². The summed E-state index contributed by atoms with van der Waals surface area (Å²) in [6, 6.07) is 1.97. The number of furan rings is 1. The number of hydrogen-bond acceptors (Lipinski definition) is 2. The highest BCUT2D eigenvalue weighted by molar-refractivity contribution is 5.15. The Morgan fingerprint density at radius 3 is 3.00 bits per heavy atom. The van der Waals surface area contributed by atoms with Crippen molar-refractivity contribution >= 4 is 0 Å². The molecule has 64 valence electrons. The summed E-state index contributed by atoms with van der Waals surface area (Å²) < 4.78 is 5.15. The summed E-state index contributed by atoms with van der Waals surface area (Å²) in [5.41, 5.74) is 1.20. The predicted octanol–water partition coefficient (Wildman–Crippen LogP) is 1.70. The van der Waals surface area contributed by atoms with Crippen molar-refractivity contribution in [1.82, 2.24) is 5.32 Å². The Hall–Kier alpha value is -1.20. The van der Waals surface area contributed by atoms with Gasteiger partial charge in [0.05, 0.1) is 12.8 Å². The molecule has 0 bridgehead atoms. The molecule has 2 heteroatoms. The molecule has 0 aromatic carbocycles. The Morgan fingerprint density at radius 1 is 1.58 bits per heavy atom. The van der Waals surface area contributed by atoms with Crippen LogP contribution in [0.2, 0.25) is 0 Å². The minimum absolute atomic E-state index is 0.737. The van der Waals surface area contributed by atoms with Gasteiger partial charge in [-0.25, -0.2) is 0 Å². The lowest BCUT2D eigenvalue weighted by molar-refractivity contribution is 0.527. The average molecular weight is 163 g/mol. The molecular formula is C10H13NO. The van der Waals surface area contributed by atoms with Crippen LogP contribution in [0.5, 0.6) is 0 Å². The Morgan fingerprint density at radius 2 is 2.42 bits per heavy atom. The Bertz CT molecular complexity index is 290. The minimum Gasteiger partial charge on any atom is -0.469 e. The molecule has 0 atom stereocenters. The lowest BCUT2D eigenvalue weighted by Gasteiger charge is -1.97. The highest BCUT2D eigenvalue weighted by Crippen LogP contribution is 2.07. The van der Waals surface area contributed by atoms with Gasteiger partial charge >= 0.3 is 0 Å². The van der Waals surface area contributed by atoms with E-state index in [0.717, 1.165) is 18.8 Å². The molecule has 12 heavy (non-hydrogen) atoms. The zero-order valence-electron chi connectivity index (χ0n) is 7.48. The minimum atomic E-state index is 0.737. The van der Waals surface area contributed by atoms with Gasteiger partial charge in [-0.1, -0.05) is 5.92 Å². The SMILES string of the molecule is CC#CCNCc1ccoc1C. The Balaban J connectivity index is 2.32. The highest BCUT2D eigenvalue weighted by Gasteiger charge is 1.98. The maximum atomic E-state index is 5.15. The second-order valence-corrected chi connectivity index (χ2v) is 2.53. The third-order valence-electron chi connectivity index (χ3n) is 1.67. The van der Waals surface area contributed by atoms with Crippen LogP contribution in [0.1, 0.15) is 18.2 Å². The molecule has 2 nitrogen and oxygen atoms in total. The van der Waals surface area contributed by atoms with Crippen LogP contribution in [-0.4, -0.2) is 6.54 Å². The first-order valence-corrected chi connectivity index (χ1v) is 3.98. The highest BCUT2D eigenvalue weighted by atomic mass is 16.3. The fourth-order valence-corrected chi connectivity index (χ4v) is 0.943. The standard InChI is InChI=1S/C10H13NO/c1-3-4-6-11-8-10-5-7-12-9(10)2/h5,7,11H,6,8H2,1-2H3. The molecule has 0 aliphatic rings. The van der Waals surface area contributed by atoms with Crippen LogP contribution < -0.4 is 5.32 Å². The predicted molar refractivity (Wildman–Crippen MR) is 48.6 cm³/mol. The summed E-state index contributed by atoms with van der Waals surface area (Å²) in [6.07, 6.45) is 1.71. The molecule has 0 unspecified atom stereocenters. The van der Waals surface area contributed by atoms with Crippen LogP contribution in [0, 0.1) is 18.8 Å². The van der Waals surface area contributed by atoms with E-state index in [1.165, 1.54) is 5.56 Å². The number of rotatable bonds is 3. The lowest BCUT2D eigenvalue weighted by Crippen LogP contribution is -2.13. The van der Waals surface area contributed by atoms with Crippen molar-refractivity contribution in [1.29, 1.82) is 0 Å². The maximum absolute atomic E-state index is 5.15. The van der Waals surface area contributed by atoms with Gasteiger partial charge in [0, 0.05) is 12.1 Å². The topological polar surface area (TPSA) is 25.2 Å². The molecule has 1 N–H and O–H groups in total. The molecule has 1 aromatic heterocycles. The summed E-state index contributed by atoms with van der Waals surface area (Å²) in [7, 11) is 0. The molecule has 0 radical (unpaired) electrons. The van der Waals surface area contributed by atoms with Crippen LogP contribution in [0.15, 0.2) is 16.7 Å². The van der Waals surface area contributed by atoms with Crippen molar-refractivity contribution in [2.45, 2.75) is 20.4 Å².